The molecule has 0 radical (unpaired) electrons. The zero-order chi connectivity index (χ0) is 31.8. The smallest absolute Gasteiger partial charge is 0.235 e. The number of likely N-dealkylation sites (N-methyl/N-ethyl adjacent to an activating group) is 1. The van der Waals surface area contributed by atoms with Crippen LogP contribution in [0, 0.1) is 23.7 Å². The summed E-state index contributed by atoms with van der Waals surface area (Å²) in [6.45, 7) is 0.726. The lowest BCUT2D eigenvalue weighted by Crippen LogP contribution is -2.74. The first-order valence-electron chi connectivity index (χ1n) is 14.6. The fraction of sp³-hybridized carbons (Fsp3) is 0.382. The Balaban J connectivity index is 1.50. The van der Waals surface area contributed by atoms with E-state index < -0.39 is 64.4 Å². The second-order valence-corrected chi connectivity index (χ2v) is 12.8. The highest BCUT2D eigenvalue weighted by Gasteiger charge is 2.69. The molecule has 2 fully saturated rings. The molecule has 3 aromatic rings. The first-order chi connectivity index (χ1) is 20.8. The van der Waals surface area contributed by atoms with Gasteiger partial charge in [0.15, 0.2) is 34.7 Å². The Morgan fingerprint density at radius 1 is 0.932 bits per heavy atom. The molecular weight excluding hydrogens is 562 g/mol. The van der Waals surface area contributed by atoms with Crippen LogP contribution in [0.1, 0.15) is 27.9 Å². The zero-order valence-corrected chi connectivity index (χ0v) is 25.0. The number of hydrogen-bond donors (Lipinski definition) is 3. The number of phenolic OH excluding ortho intramolecular Hbond substituents is 1. The van der Waals surface area contributed by atoms with Gasteiger partial charge in [-0.05, 0) is 86.0 Å². The lowest BCUT2D eigenvalue weighted by atomic mass is 9.52. The number of aromatic hydroxyl groups is 1. The van der Waals surface area contributed by atoms with Crippen LogP contribution >= 0.6 is 0 Å². The van der Waals surface area contributed by atoms with Gasteiger partial charge >= 0.3 is 0 Å². The van der Waals surface area contributed by atoms with Crippen molar-refractivity contribution < 1.29 is 34.2 Å². The van der Waals surface area contributed by atoms with E-state index in [9.17, 15) is 34.2 Å². The second-order valence-electron chi connectivity index (χ2n) is 12.8. The maximum absolute atomic E-state index is 14.1. The highest BCUT2D eigenvalue weighted by Crippen LogP contribution is 2.52. The van der Waals surface area contributed by atoms with Crippen LogP contribution in [-0.2, 0) is 32.1 Å². The second kappa shape index (κ2) is 10.4. The highest BCUT2D eigenvalue weighted by molar-refractivity contribution is 6.32. The molecule has 4 N–H and O–H groups in total. The molecule has 0 heterocycles. The van der Waals surface area contributed by atoms with Gasteiger partial charge in [-0.1, -0.05) is 42.5 Å². The Bertz CT molecular complexity index is 1780. The summed E-state index contributed by atoms with van der Waals surface area (Å²) in [4.78, 5) is 70.8. The molecule has 3 aliphatic carbocycles. The number of carbonyl (C=O) groups is 5. The predicted octanol–water partition coefficient (Wildman–Crippen LogP) is 1.75. The molecule has 0 aromatic heterocycles. The van der Waals surface area contributed by atoms with Gasteiger partial charge in [0, 0.05) is 12.5 Å². The van der Waals surface area contributed by atoms with Gasteiger partial charge in [-0.3, -0.25) is 28.9 Å². The van der Waals surface area contributed by atoms with E-state index in [0.717, 1.165) is 34.0 Å². The van der Waals surface area contributed by atoms with Crippen molar-refractivity contribution in [1.29, 1.82) is 0 Å². The van der Waals surface area contributed by atoms with Crippen LogP contribution in [0.2, 0.25) is 0 Å². The van der Waals surface area contributed by atoms with Crippen molar-refractivity contribution in [1.82, 2.24) is 9.80 Å². The fourth-order valence-corrected chi connectivity index (χ4v) is 7.93. The molecule has 2 saturated carbocycles. The Hall–Kier alpha value is -4.25. The van der Waals surface area contributed by atoms with Crippen LogP contribution in [0.5, 0.6) is 5.75 Å². The average molecular weight is 598 g/mol. The maximum Gasteiger partial charge on any atom is 0.235 e. The average Bonchev–Trinajstić information content (AvgIpc) is 2.95. The van der Waals surface area contributed by atoms with Crippen LogP contribution in [0.15, 0.2) is 48.5 Å². The van der Waals surface area contributed by atoms with Crippen molar-refractivity contribution in [3.8, 4) is 16.9 Å². The van der Waals surface area contributed by atoms with Crippen molar-refractivity contribution in [3.63, 3.8) is 0 Å². The maximum atomic E-state index is 14.1. The number of benzene rings is 3. The molecular formula is C34H35N3O7. The third-order valence-electron chi connectivity index (χ3n) is 9.74. The van der Waals surface area contributed by atoms with Crippen LogP contribution in [0.25, 0.3) is 21.9 Å². The van der Waals surface area contributed by atoms with Gasteiger partial charge in [0.1, 0.15) is 5.75 Å². The summed E-state index contributed by atoms with van der Waals surface area (Å²) in [6.07, 6.45) is 0.199. The summed E-state index contributed by atoms with van der Waals surface area (Å²) in [5, 5.41) is 24.8. The minimum Gasteiger partial charge on any atom is -0.507 e. The molecule has 1 amide bonds. The molecule has 0 bridgehead atoms. The minimum atomic E-state index is -2.75. The van der Waals surface area contributed by atoms with Crippen molar-refractivity contribution in [2.45, 2.75) is 31.0 Å². The number of nitrogens with zero attached hydrogens (tertiary/aromatic N) is 2. The number of Topliss-reactive ketones (excluding diaryl/α,β-unsaturated/α-hetero) is 4. The van der Waals surface area contributed by atoms with E-state index in [4.69, 9.17) is 5.73 Å². The number of phenols is 1. The van der Waals surface area contributed by atoms with Crippen molar-refractivity contribution in [3.05, 3.63) is 65.2 Å². The number of hydrogen-bond acceptors (Lipinski definition) is 9. The summed E-state index contributed by atoms with van der Waals surface area (Å²) < 4.78 is 0. The van der Waals surface area contributed by atoms with Gasteiger partial charge in [0.05, 0.1) is 17.5 Å². The van der Waals surface area contributed by atoms with Crippen molar-refractivity contribution >= 4 is 39.8 Å². The summed E-state index contributed by atoms with van der Waals surface area (Å²) in [6, 6.07) is 14.1. The molecule has 3 aromatic carbocycles. The zero-order valence-electron chi connectivity index (χ0n) is 25.0. The van der Waals surface area contributed by atoms with Crippen LogP contribution in [-0.4, -0.2) is 88.9 Å². The molecule has 3 aliphatic rings. The standard InChI is InChI=1S/C34H35N3O7/c1-36(2)15-16-9-10-20(19-8-6-5-7-18(16)19)21-11-12-24(38)26-22(21)13-17-14-23-28(37(3)4)30(40)27(33(35)43)32(42)34(23,44)31(41)25(17)29(26)39/h5-12,17,23,25,27-28,38,44H,13-15H2,1-4H3,(H2,35,43). The predicted molar refractivity (Wildman–Crippen MR) is 162 cm³/mol. The van der Waals surface area contributed by atoms with Crippen molar-refractivity contribution in [2.24, 2.45) is 29.4 Å². The van der Waals surface area contributed by atoms with Crippen LogP contribution < -0.4 is 5.73 Å². The molecule has 228 valence electrons. The molecule has 0 saturated heterocycles. The van der Waals surface area contributed by atoms with E-state index in [1.165, 1.54) is 11.0 Å². The van der Waals surface area contributed by atoms with Crippen molar-refractivity contribution in [2.75, 3.05) is 28.2 Å². The summed E-state index contributed by atoms with van der Waals surface area (Å²) >= 11 is 0. The van der Waals surface area contributed by atoms with E-state index >= 15 is 0 Å². The van der Waals surface area contributed by atoms with E-state index in [1.807, 2.05) is 50.5 Å². The Kier molecular flexibility index (Phi) is 7.07. The molecule has 6 rings (SSSR count). The van der Waals surface area contributed by atoms with Gasteiger partial charge < -0.3 is 20.8 Å². The van der Waals surface area contributed by atoms with E-state index in [-0.39, 0.29) is 24.2 Å². The van der Waals surface area contributed by atoms with Gasteiger partial charge in [-0.2, -0.15) is 0 Å². The molecule has 6 atom stereocenters. The molecule has 0 spiro atoms. The third kappa shape index (κ3) is 4.16. The van der Waals surface area contributed by atoms with E-state index in [0.29, 0.717) is 5.56 Å². The quantitative estimate of drug-likeness (QED) is 0.373. The normalized spacial score (nSPS) is 28.3. The summed E-state index contributed by atoms with van der Waals surface area (Å²) in [5.74, 6) is -10.6. The van der Waals surface area contributed by atoms with Gasteiger partial charge in [-0.25, -0.2) is 0 Å². The monoisotopic (exact) mass is 597 g/mol. The first-order valence-corrected chi connectivity index (χ1v) is 14.6. The first kappa shape index (κ1) is 29.8. The van der Waals surface area contributed by atoms with E-state index in [2.05, 4.69) is 4.90 Å². The van der Waals surface area contributed by atoms with Gasteiger partial charge in [0.25, 0.3) is 0 Å². The lowest BCUT2D eigenvalue weighted by molar-refractivity contribution is -0.181. The fourth-order valence-electron chi connectivity index (χ4n) is 7.93. The number of primary amides is 1. The van der Waals surface area contributed by atoms with Gasteiger partial charge in [-0.15, -0.1) is 0 Å². The third-order valence-corrected chi connectivity index (χ3v) is 9.74. The lowest BCUT2D eigenvalue weighted by Gasteiger charge is -2.52. The number of ketones is 4. The molecule has 10 heteroatoms. The number of aliphatic hydroxyl groups is 1. The summed E-state index contributed by atoms with van der Waals surface area (Å²) in [7, 11) is 7.12. The number of rotatable bonds is 5. The largest absolute Gasteiger partial charge is 0.507 e. The Morgan fingerprint density at radius 3 is 2.23 bits per heavy atom. The van der Waals surface area contributed by atoms with Crippen LogP contribution in [0.3, 0.4) is 0 Å². The van der Waals surface area contributed by atoms with Crippen LogP contribution in [0.4, 0.5) is 0 Å². The van der Waals surface area contributed by atoms with Gasteiger partial charge in [0.2, 0.25) is 5.91 Å². The number of carbonyl (C=O) groups excluding carboxylic acids is 5. The minimum absolute atomic E-state index is 0.00150. The topological polar surface area (TPSA) is 158 Å². The SMILES string of the molecule is CN(C)Cc1ccc(-c2ccc(O)c3c2CC2CC4C(N(C)C)C(=O)C(C(N)=O)C(=O)C4(O)C(=O)C2C3=O)c2ccccc12. The molecule has 44 heavy (non-hydrogen) atoms. The number of amides is 1. The van der Waals surface area contributed by atoms with E-state index in [1.54, 1.807) is 20.2 Å². The number of nitrogens with two attached hydrogens (primary N) is 1. The highest BCUT2D eigenvalue weighted by atomic mass is 16.3. The molecule has 6 unspecified atom stereocenters. The molecule has 10 nitrogen and oxygen atoms in total. The molecule has 0 aliphatic heterocycles. The summed E-state index contributed by atoms with van der Waals surface area (Å²) in [5.41, 5.74) is 5.94. The Labute approximate surface area is 254 Å². The Morgan fingerprint density at radius 2 is 1.59 bits per heavy atom. The number of fused-ring (bicyclic) bond motifs is 4.